The minimum Gasteiger partial charge on any atom is -0.385 e. The van der Waals surface area contributed by atoms with Gasteiger partial charge in [-0.2, -0.15) is 0 Å². The van der Waals surface area contributed by atoms with E-state index in [1.54, 1.807) is 7.11 Å². The van der Waals surface area contributed by atoms with E-state index in [0.717, 1.165) is 38.6 Å². The summed E-state index contributed by atoms with van der Waals surface area (Å²) in [6.45, 7) is 5.18. The molecule has 0 aromatic rings. The van der Waals surface area contributed by atoms with E-state index in [2.05, 4.69) is 11.8 Å². The normalized spacial score (nSPS) is 20.0. The summed E-state index contributed by atoms with van der Waals surface area (Å²) in [6.07, 6.45) is 10.7. The van der Waals surface area contributed by atoms with Gasteiger partial charge in [-0.1, -0.05) is 25.7 Å². The molecule has 1 fully saturated rings. The van der Waals surface area contributed by atoms with Gasteiger partial charge >= 0.3 is 0 Å². The summed E-state index contributed by atoms with van der Waals surface area (Å²) in [7, 11) is 1.79. The van der Waals surface area contributed by atoms with E-state index in [4.69, 9.17) is 10.5 Å². The monoisotopic (exact) mass is 256 g/mol. The molecule has 0 heterocycles. The van der Waals surface area contributed by atoms with E-state index in [0.29, 0.717) is 6.04 Å². The maximum absolute atomic E-state index is 5.69. The van der Waals surface area contributed by atoms with Gasteiger partial charge in [-0.15, -0.1) is 0 Å². The third kappa shape index (κ3) is 5.68. The number of rotatable bonds is 8. The first-order valence-electron chi connectivity index (χ1n) is 7.74. The quantitative estimate of drug-likeness (QED) is 0.679. The van der Waals surface area contributed by atoms with Crippen LogP contribution in [0, 0.1) is 0 Å². The number of hydrogen-bond acceptors (Lipinski definition) is 3. The standard InChI is InChI=1S/C15H32N2O/c1-14(10-13-18-2)17(12-7-11-16)15-8-5-3-4-6-9-15/h14-15H,3-13,16H2,1-2H3. The van der Waals surface area contributed by atoms with E-state index in [1.807, 2.05) is 0 Å². The summed E-state index contributed by atoms with van der Waals surface area (Å²) in [5.74, 6) is 0. The summed E-state index contributed by atoms with van der Waals surface area (Å²) in [5, 5.41) is 0. The van der Waals surface area contributed by atoms with Gasteiger partial charge in [0.2, 0.25) is 0 Å². The third-order valence-corrected chi connectivity index (χ3v) is 4.22. The van der Waals surface area contributed by atoms with Crippen LogP contribution in [0.15, 0.2) is 0 Å². The topological polar surface area (TPSA) is 38.5 Å². The Morgan fingerprint density at radius 1 is 1.22 bits per heavy atom. The van der Waals surface area contributed by atoms with Crippen LogP contribution < -0.4 is 5.73 Å². The molecule has 1 unspecified atom stereocenters. The maximum atomic E-state index is 5.69. The Labute approximate surface area is 113 Å². The highest BCUT2D eigenvalue weighted by Gasteiger charge is 2.23. The molecular formula is C15H32N2O. The molecule has 0 aromatic heterocycles. The van der Waals surface area contributed by atoms with Crippen LogP contribution in [-0.2, 0) is 4.74 Å². The SMILES string of the molecule is COCCC(C)N(CCCN)C1CCCCCC1. The molecule has 3 heteroatoms. The second-order valence-electron chi connectivity index (χ2n) is 5.66. The van der Waals surface area contributed by atoms with Crippen molar-refractivity contribution in [3.05, 3.63) is 0 Å². The van der Waals surface area contributed by atoms with Crippen molar-refractivity contribution < 1.29 is 4.74 Å². The third-order valence-electron chi connectivity index (χ3n) is 4.22. The van der Waals surface area contributed by atoms with Gasteiger partial charge in [-0.25, -0.2) is 0 Å². The summed E-state index contributed by atoms with van der Waals surface area (Å²) in [4.78, 5) is 2.71. The van der Waals surface area contributed by atoms with E-state index < -0.39 is 0 Å². The van der Waals surface area contributed by atoms with Crippen molar-refractivity contribution in [1.82, 2.24) is 4.90 Å². The number of nitrogens with zero attached hydrogens (tertiary/aromatic N) is 1. The first kappa shape index (κ1) is 15.9. The minimum absolute atomic E-state index is 0.625. The Kier molecular flexibility index (Phi) is 8.64. The molecule has 0 spiro atoms. The molecule has 0 bridgehead atoms. The highest BCUT2D eigenvalue weighted by Crippen LogP contribution is 2.24. The maximum Gasteiger partial charge on any atom is 0.0477 e. The summed E-state index contributed by atoms with van der Waals surface area (Å²) < 4.78 is 5.23. The van der Waals surface area contributed by atoms with Crippen LogP contribution in [-0.4, -0.2) is 43.8 Å². The molecule has 1 aliphatic rings. The van der Waals surface area contributed by atoms with Crippen LogP contribution in [0.4, 0.5) is 0 Å². The lowest BCUT2D eigenvalue weighted by molar-refractivity contribution is 0.0956. The molecule has 1 rings (SSSR count). The molecule has 1 saturated carbocycles. The summed E-state index contributed by atoms with van der Waals surface area (Å²) >= 11 is 0. The number of nitrogens with two attached hydrogens (primary N) is 1. The fourth-order valence-corrected chi connectivity index (χ4v) is 3.08. The van der Waals surface area contributed by atoms with Crippen molar-refractivity contribution in [2.24, 2.45) is 5.73 Å². The van der Waals surface area contributed by atoms with Crippen LogP contribution in [0.3, 0.4) is 0 Å². The molecule has 1 aliphatic carbocycles. The zero-order valence-corrected chi connectivity index (χ0v) is 12.4. The molecule has 1 atom stereocenters. The van der Waals surface area contributed by atoms with E-state index in [1.165, 1.54) is 38.5 Å². The van der Waals surface area contributed by atoms with Gasteiger partial charge in [0.25, 0.3) is 0 Å². The van der Waals surface area contributed by atoms with Crippen molar-refractivity contribution in [3.8, 4) is 0 Å². The van der Waals surface area contributed by atoms with Gasteiger partial charge in [0.05, 0.1) is 0 Å². The number of methoxy groups -OCH3 is 1. The second kappa shape index (κ2) is 9.76. The Morgan fingerprint density at radius 3 is 2.44 bits per heavy atom. The van der Waals surface area contributed by atoms with Crippen molar-refractivity contribution in [2.75, 3.05) is 26.8 Å². The number of hydrogen-bond donors (Lipinski definition) is 1. The number of ether oxygens (including phenoxy) is 1. The van der Waals surface area contributed by atoms with Gasteiger partial charge in [0.15, 0.2) is 0 Å². The molecule has 0 amide bonds. The molecule has 2 N–H and O–H groups in total. The van der Waals surface area contributed by atoms with Crippen LogP contribution in [0.5, 0.6) is 0 Å². The highest BCUT2D eigenvalue weighted by molar-refractivity contribution is 4.79. The van der Waals surface area contributed by atoms with Gasteiger partial charge in [0.1, 0.15) is 0 Å². The fourth-order valence-electron chi connectivity index (χ4n) is 3.08. The van der Waals surface area contributed by atoms with Crippen LogP contribution in [0.25, 0.3) is 0 Å². The first-order chi connectivity index (χ1) is 8.79. The Bertz CT molecular complexity index is 191. The Hall–Kier alpha value is -0.120. The lowest BCUT2D eigenvalue weighted by Crippen LogP contribution is -2.43. The largest absolute Gasteiger partial charge is 0.385 e. The van der Waals surface area contributed by atoms with Crippen molar-refractivity contribution in [2.45, 2.75) is 70.4 Å². The lowest BCUT2D eigenvalue weighted by Gasteiger charge is -2.36. The van der Waals surface area contributed by atoms with Crippen molar-refractivity contribution in [3.63, 3.8) is 0 Å². The molecule has 3 nitrogen and oxygen atoms in total. The van der Waals surface area contributed by atoms with Crippen molar-refractivity contribution >= 4 is 0 Å². The summed E-state index contributed by atoms with van der Waals surface area (Å²) in [6, 6.07) is 1.41. The fraction of sp³-hybridized carbons (Fsp3) is 1.00. The first-order valence-corrected chi connectivity index (χ1v) is 7.74. The van der Waals surface area contributed by atoms with Gasteiger partial charge in [0, 0.05) is 25.8 Å². The molecule has 108 valence electrons. The molecule has 0 aromatic carbocycles. The molecule has 0 aliphatic heterocycles. The Balaban J connectivity index is 2.50. The van der Waals surface area contributed by atoms with Crippen LogP contribution >= 0.6 is 0 Å². The molecule has 0 saturated heterocycles. The van der Waals surface area contributed by atoms with Gasteiger partial charge in [-0.3, -0.25) is 4.90 Å². The predicted octanol–water partition coefficient (Wildman–Crippen LogP) is 2.79. The zero-order chi connectivity index (χ0) is 13.2. The van der Waals surface area contributed by atoms with Crippen LogP contribution in [0.1, 0.15) is 58.3 Å². The highest BCUT2D eigenvalue weighted by atomic mass is 16.5. The van der Waals surface area contributed by atoms with Gasteiger partial charge < -0.3 is 10.5 Å². The van der Waals surface area contributed by atoms with Crippen LogP contribution in [0.2, 0.25) is 0 Å². The second-order valence-corrected chi connectivity index (χ2v) is 5.66. The smallest absolute Gasteiger partial charge is 0.0477 e. The average molecular weight is 256 g/mol. The molecular weight excluding hydrogens is 224 g/mol. The lowest BCUT2D eigenvalue weighted by atomic mass is 10.0. The van der Waals surface area contributed by atoms with E-state index in [9.17, 15) is 0 Å². The summed E-state index contributed by atoms with van der Waals surface area (Å²) in [5.41, 5.74) is 5.69. The van der Waals surface area contributed by atoms with E-state index in [-0.39, 0.29) is 0 Å². The van der Waals surface area contributed by atoms with E-state index >= 15 is 0 Å². The predicted molar refractivity (Wildman–Crippen MR) is 77.8 cm³/mol. The average Bonchev–Trinajstić information content (AvgIpc) is 2.66. The zero-order valence-electron chi connectivity index (χ0n) is 12.4. The minimum atomic E-state index is 0.625. The Morgan fingerprint density at radius 2 is 1.89 bits per heavy atom. The molecule has 0 radical (unpaired) electrons. The van der Waals surface area contributed by atoms with Gasteiger partial charge in [-0.05, 0) is 45.7 Å². The molecule has 18 heavy (non-hydrogen) atoms. The van der Waals surface area contributed by atoms with Crippen molar-refractivity contribution in [1.29, 1.82) is 0 Å².